The Kier molecular flexibility index (Phi) is 8.47. The number of para-hydroxylation sites is 2. The van der Waals surface area contributed by atoms with Gasteiger partial charge in [-0.05, 0) is 43.0 Å². The van der Waals surface area contributed by atoms with Gasteiger partial charge in [-0.3, -0.25) is 9.59 Å². The first-order valence-electron chi connectivity index (χ1n) is 11.3. The van der Waals surface area contributed by atoms with Crippen LogP contribution in [0, 0.1) is 0 Å². The number of amides is 2. The molecule has 1 saturated heterocycles. The van der Waals surface area contributed by atoms with Gasteiger partial charge in [-0.2, -0.15) is 0 Å². The summed E-state index contributed by atoms with van der Waals surface area (Å²) in [6.45, 7) is 8.08. The second kappa shape index (κ2) is 11.5. The molecule has 1 aliphatic rings. The van der Waals surface area contributed by atoms with Crippen molar-refractivity contribution in [1.29, 1.82) is 0 Å². The lowest BCUT2D eigenvalue weighted by Gasteiger charge is -2.32. The molecule has 0 saturated carbocycles. The van der Waals surface area contributed by atoms with Gasteiger partial charge in [0.25, 0.3) is 5.91 Å². The monoisotopic (exact) mass is 424 g/mol. The highest BCUT2D eigenvalue weighted by atomic mass is 16.5. The highest BCUT2D eigenvalue weighted by Crippen LogP contribution is 2.20. The molecule has 0 aromatic heterocycles. The van der Waals surface area contributed by atoms with Crippen molar-refractivity contribution in [3.05, 3.63) is 59.7 Å². The molecule has 2 aromatic rings. The molecule has 1 heterocycles. The third-order valence-corrected chi connectivity index (χ3v) is 5.79. The minimum absolute atomic E-state index is 0.0307. The summed E-state index contributed by atoms with van der Waals surface area (Å²) in [7, 11) is 0. The van der Waals surface area contributed by atoms with Gasteiger partial charge in [-0.1, -0.05) is 43.3 Å². The van der Waals surface area contributed by atoms with Gasteiger partial charge in [0.2, 0.25) is 5.91 Å². The highest BCUT2D eigenvalue weighted by Gasteiger charge is 2.25. The van der Waals surface area contributed by atoms with Crippen LogP contribution in [-0.2, 0) is 22.4 Å². The van der Waals surface area contributed by atoms with Crippen molar-refractivity contribution in [1.82, 2.24) is 4.90 Å². The van der Waals surface area contributed by atoms with E-state index in [0.29, 0.717) is 39.1 Å². The van der Waals surface area contributed by atoms with Crippen LogP contribution < -0.4 is 15.0 Å². The molecular formula is C25H34N3O3+. The lowest BCUT2D eigenvalue weighted by atomic mass is 10.1. The number of nitrogens with one attached hydrogen (secondary N) is 2. The van der Waals surface area contributed by atoms with Gasteiger partial charge < -0.3 is 19.9 Å². The van der Waals surface area contributed by atoms with E-state index in [0.717, 1.165) is 42.1 Å². The predicted octanol–water partition coefficient (Wildman–Crippen LogP) is 1.95. The summed E-state index contributed by atoms with van der Waals surface area (Å²) in [6, 6.07) is 15.8. The molecule has 3 rings (SSSR count). The summed E-state index contributed by atoms with van der Waals surface area (Å²) in [5.74, 6) is 1.07. The van der Waals surface area contributed by atoms with Gasteiger partial charge >= 0.3 is 0 Å². The molecule has 0 aliphatic carbocycles. The van der Waals surface area contributed by atoms with E-state index < -0.39 is 0 Å². The molecule has 1 fully saturated rings. The minimum atomic E-state index is 0.0307. The Morgan fingerprint density at radius 2 is 1.68 bits per heavy atom. The van der Waals surface area contributed by atoms with Crippen molar-refractivity contribution in [2.24, 2.45) is 0 Å². The third kappa shape index (κ3) is 6.56. The number of aryl methyl sites for hydroxylation is 2. The number of benzene rings is 2. The first kappa shape index (κ1) is 22.8. The number of anilines is 1. The van der Waals surface area contributed by atoms with Crippen LogP contribution in [0.1, 0.15) is 31.4 Å². The molecule has 0 atom stereocenters. The normalized spacial score (nSPS) is 14.3. The topological polar surface area (TPSA) is 63.1 Å². The Bertz CT molecular complexity index is 876. The number of hydrogen-bond donors (Lipinski definition) is 2. The number of nitrogens with zero attached hydrogens (tertiary/aromatic N) is 1. The smallest absolute Gasteiger partial charge is 0.279 e. The Balaban J connectivity index is 1.43. The average molecular weight is 425 g/mol. The fourth-order valence-corrected chi connectivity index (χ4v) is 4.03. The van der Waals surface area contributed by atoms with Crippen molar-refractivity contribution < 1.29 is 19.2 Å². The summed E-state index contributed by atoms with van der Waals surface area (Å²) in [4.78, 5) is 28.3. The number of hydrogen-bond acceptors (Lipinski definition) is 3. The molecule has 166 valence electrons. The maximum atomic E-state index is 12.7. The van der Waals surface area contributed by atoms with Crippen molar-refractivity contribution in [2.45, 2.75) is 33.1 Å². The molecule has 0 unspecified atom stereocenters. The largest absolute Gasteiger partial charge is 0.494 e. The SMILES string of the molecule is CCOc1ccccc1CCC(=O)N1CC[NH+](CC(=O)Nc2ccccc2CC)CC1. The van der Waals surface area contributed by atoms with Gasteiger partial charge in [-0.25, -0.2) is 0 Å². The number of carbonyl (C=O) groups is 2. The summed E-state index contributed by atoms with van der Waals surface area (Å²) < 4.78 is 5.66. The van der Waals surface area contributed by atoms with Gasteiger partial charge in [-0.15, -0.1) is 0 Å². The van der Waals surface area contributed by atoms with Gasteiger partial charge in [0.05, 0.1) is 32.8 Å². The molecule has 31 heavy (non-hydrogen) atoms. The zero-order chi connectivity index (χ0) is 22.1. The van der Waals surface area contributed by atoms with E-state index in [1.165, 1.54) is 4.90 Å². The highest BCUT2D eigenvalue weighted by molar-refractivity contribution is 5.92. The number of ether oxygens (including phenoxy) is 1. The fraction of sp³-hybridized carbons (Fsp3) is 0.440. The molecule has 6 heteroatoms. The molecule has 0 bridgehead atoms. The van der Waals surface area contributed by atoms with Crippen LogP contribution in [0.2, 0.25) is 0 Å². The quantitative estimate of drug-likeness (QED) is 0.647. The van der Waals surface area contributed by atoms with Crippen LogP contribution in [-0.4, -0.2) is 56.0 Å². The third-order valence-electron chi connectivity index (χ3n) is 5.79. The zero-order valence-electron chi connectivity index (χ0n) is 18.7. The standard InChI is InChI=1S/C25H33N3O3/c1-3-20-9-5-7-11-22(20)26-24(29)19-27-15-17-28(18-16-27)25(30)14-13-21-10-6-8-12-23(21)31-4-2/h5-12H,3-4,13-19H2,1-2H3,(H,26,29)/p+1. The van der Waals surface area contributed by atoms with Crippen molar-refractivity contribution in [3.8, 4) is 5.75 Å². The van der Waals surface area contributed by atoms with E-state index >= 15 is 0 Å². The lowest BCUT2D eigenvalue weighted by molar-refractivity contribution is -0.895. The Labute approximate surface area is 185 Å². The van der Waals surface area contributed by atoms with Crippen molar-refractivity contribution in [3.63, 3.8) is 0 Å². The summed E-state index contributed by atoms with van der Waals surface area (Å²) >= 11 is 0. The van der Waals surface area contributed by atoms with Crippen LogP contribution in [0.25, 0.3) is 0 Å². The van der Waals surface area contributed by atoms with Crippen LogP contribution in [0.15, 0.2) is 48.5 Å². The maximum absolute atomic E-state index is 12.7. The van der Waals surface area contributed by atoms with Crippen LogP contribution in [0.3, 0.4) is 0 Å². The van der Waals surface area contributed by atoms with Crippen LogP contribution in [0.4, 0.5) is 5.69 Å². The molecule has 1 aliphatic heterocycles. The molecule has 2 N–H and O–H groups in total. The van der Waals surface area contributed by atoms with Gasteiger partial charge in [0.1, 0.15) is 5.75 Å². The van der Waals surface area contributed by atoms with E-state index in [2.05, 4.69) is 12.2 Å². The van der Waals surface area contributed by atoms with Gasteiger partial charge in [0.15, 0.2) is 6.54 Å². The van der Waals surface area contributed by atoms with E-state index in [9.17, 15) is 9.59 Å². The van der Waals surface area contributed by atoms with Crippen molar-refractivity contribution in [2.75, 3.05) is 44.6 Å². The van der Waals surface area contributed by atoms with E-state index in [1.807, 2.05) is 60.4 Å². The molecule has 0 radical (unpaired) electrons. The molecule has 2 amide bonds. The first-order chi connectivity index (χ1) is 15.1. The van der Waals surface area contributed by atoms with E-state index in [4.69, 9.17) is 4.74 Å². The van der Waals surface area contributed by atoms with Crippen molar-refractivity contribution >= 4 is 17.5 Å². The number of quaternary nitrogens is 1. The second-order valence-corrected chi connectivity index (χ2v) is 7.91. The predicted molar refractivity (Wildman–Crippen MR) is 123 cm³/mol. The second-order valence-electron chi connectivity index (χ2n) is 7.91. The molecule has 2 aromatic carbocycles. The number of carbonyl (C=O) groups excluding carboxylic acids is 2. The summed E-state index contributed by atoms with van der Waals surface area (Å²) in [5.41, 5.74) is 3.12. The zero-order valence-corrected chi connectivity index (χ0v) is 18.7. The fourth-order valence-electron chi connectivity index (χ4n) is 4.03. The summed E-state index contributed by atoms with van der Waals surface area (Å²) in [5, 5.41) is 3.04. The Hall–Kier alpha value is -2.86. The van der Waals surface area contributed by atoms with E-state index in [1.54, 1.807) is 0 Å². The molecule has 6 nitrogen and oxygen atoms in total. The van der Waals surface area contributed by atoms with Gasteiger partial charge in [0, 0.05) is 12.1 Å². The molecule has 0 spiro atoms. The molecular weight excluding hydrogens is 390 g/mol. The first-order valence-corrected chi connectivity index (χ1v) is 11.3. The maximum Gasteiger partial charge on any atom is 0.279 e. The van der Waals surface area contributed by atoms with Crippen LogP contribution in [0.5, 0.6) is 5.75 Å². The summed E-state index contributed by atoms with van der Waals surface area (Å²) in [6.07, 6.45) is 2.05. The Morgan fingerprint density at radius 3 is 2.39 bits per heavy atom. The number of rotatable bonds is 9. The van der Waals surface area contributed by atoms with Crippen LogP contribution >= 0.6 is 0 Å². The average Bonchev–Trinajstić information content (AvgIpc) is 2.79. The number of piperazine rings is 1. The lowest BCUT2D eigenvalue weighted by Crippen LogP contribution is -3.15. The van der Waals surface area contributed by atoms with E-state index in [-0.39, 0.29) is 11.8 Å². The Morgan fingerprint density at radius 1 is 1.00 bits per heavy atom. The minimum Gasteiger partial charge on any atom is -0.494 e.